The molecule has 1 N–H and O–H groups in total. The number of rotatable bonds is 4. The van der Waals surface area contributed by atoms with E-state index in [4.69, 9.17) is 4.74 Å². The number of carbonyl (C=O) groups excluding carboxylic acids is 1. The largest absolute Gasteiger partial charge is 0.481 e. The molecule has 0 radical (unpaired) electrons. The Bertz CT molecular complexity index is 995. The van der Waals surface area contributed by atoms with Crippen LogP contribution in [0, 0.1) is 13.8 Å². The summed E-state index contributed by atoms with van der Waals surface area (Å²) in [5.74, 6) is 0.173. The number of aromatic nitrogens is 4. The molecule has 132 valence electrons. The molecule has 0 aliphatic rings. The minimum Gasteiger partial charge on any atom is -0.481 e. The van der Waals surface area contributed by atoms with Gasteiger partial charge in [0.15, 0.2) is 5.82 Å². The molecular weight excluding hydrogens is 334 g/mol. The molecule has 8 nitrogen and oxygen atoms in total. The van der Waals surface area contributed by atoms with Gasteiger partial charge < -0.3 is 10.1 Å². The van der Waals surface area contributed by atoms with Crippen LogP contribution in [0.1, 0.15) is 21.6 Å². The van der Waals surface area contributed by atoms with Crippen molar-refractivity contribution in [3.05, 3.63) is 69.9 Å². The van der Waals surface area contributed by atoms with Gasteiger partial charge in [-0.15, -0.1) is 5.10 Å². The summed E-state index contributed by atoms with van der Waals surface area (Å²) in [7, 11) is 1.51. The molecule has 26 heavy (non-hydrogen) atoms. The Balaban J connectivity index is 1.97. The number of aryl methyl sites for hydroxylation is 2. The number of pyridine rings is 2. The van der Waals surface area contributed by atoms with Crippen LogP contribution in [0.5, 0.6) is 5.88 Å². The van der Waals surface area contributed by atoms with Crippen LogP contribution < -0.4 is 15.6 Å². The molecule has 0 unspecified atom stereocenters. The first-order valence-electron chi connectivity index (χ1n) is 7.84. The third-order valence-corrected chi connectivity index (χ3v) is 3.78. The van der Waals surface area contributed by atoms with Crippen LogP contribution in [-0.4, -0.2) is 32.8 Å². The number of nitrogens with one attached hydrogen (secondary N) is 1. The van der Waals surface area contributed by atoms with Gasteiger partial charge in [-0.05, 0) is 43.7 Å². The summed E-state index contributed by atoms with van der Waals surface area (Å²) in [6, 6.07) is 8.38. The van der Waals surface area contributed by atoms with E-state index in [1.807, 2.05) is 0 Å². The zero-order chi connectivity index (χ0) is 18.7. The fourth-order valence-electron chi connectivity index (χ4n) is 2.39. The molecule has 0 saturated heterocycles. The molecule has 0 saturated carbocycles. The molecule has 3 aromatic rings. The minimum absolute atomic E-state index is 0.0330. The average Bonchev–Trinajstić information content (AvgIpc) is 2.64. The van der Waals surface area contributed by atoms with E-state index in [1.165, 1.54) is 17.9 Å². The predicted molar refractivity (Wildman–Crippen MR) is 95.8 cm³/mol. The minimum atomic E-state index is -0.540. The van der Waals surface area contributed by atoms with Crippen molar-refractivity contribution in [2.45, 2.75) is 13.8 Å². The lowest BCUT2D eigenvalue weighted by atomic mass is 10.1. The topological polar surface area (TPSA) is 99.0 Å². The normalized spacial score (nSPS) is 10.4. The van der Waals surface area contributed by atoms with Crippen molar-refractivity contribution in [3.63, 3.8) is 0 Å². The second-order valence-corrected chi connectivity index (χ2v) is 5.62. The molecule has 0 atom stereocenters. The van der Waals surface area contributed by atoms with E-state index in [2.05, 4.69) is 20.5 Å². The molecular formula is C18H17N5O3. The average molecular weight is 351 g/mol. The van der Waals surface area contributed by atoms with Crippen LogP contribution in [0.3, 0.4) is 0 Å². The summed E-state index contributed by atoms with van der Waals surface area (Å²) in [6.07, 6.45) is 3.10. The van der Waals surface area contributed by atoms with Crippen molar-refractivity contribution in [1.29, 1.82) is 0 Å². The lowest BCUT2D eigenvalue weighted by molar-refractivity contribution is 0.102. The van der Waals surface area contributed by atoms with E-state index >= 15 is 0 Å². The van der Waals surface area contributed by atoms with E-state index in [0.717, 1.165) is 5.69 Å². The Morgan fingerprint density at radius 3 is 2.54 bits per heavy atom. The van der Waals surface area contributed by atoms with Crippen molar-refractivity contribution in [2.24, 2.45) is 0 Å². The molecule has 0 bridgehead atoms. The first kappa shape index (κ1) is 17.3. The number of nitrogens with zero attached hydrogens (tertiary/aromatic N) is 4. The second-order valence-electron chi connectivity index (χ2n) is 5.62. The third kappa shape index (κ3) is 3.44. The second kappa shape index (κ2) is 7.14. The highest BCUT2D eigenvalue weighted by Crippen LogP contribution is 2.12. The Labute approximate surface area is 149 Å². The number of amides is 1. The molecule has 0 aliphatic carbocycles. The van der Waals surface area contributed by atoms with Crippen LogP contribution >= 0.6 is 0 Å². The van der Waals surface area contributed by atoms with Crippen LogP contribution in [0.15, 0.2) is 47.5 Å². The number of hydrogen-bond donors (Lipinski definition) is 1. The molecule has 1 amide bonds. The van der Waals surface area contributed by atoms with Gasteiger partial charge in [-0.2, -0.15) is 5.10 Å². The molecule has 0 spiro atoms. The van der Waals surface area contributed by atoms with Crippen molar-refractivity contribution in [2.75, 3.05) is 12.4 Å². The fraction of sp³-hybridized carbons (Fsp3) is 0.167. The Morgan fingerprint density at radius 2 is 1.92 bits per heavy atom. The highest BCUT2D eigenvalue weighted by Gasteiger charge is 2.17. The van der Waals surface area contributed by atoms with E-state index in [-0.39, 0.29) is 11.4 Å². The summed E-state index contributed by atoms with van der Waals surface area (Å²) in [5, 5.41) is 10.4. The summed E-state index contributed by atoms with van der Waals surface area (Å²) in [6.45, 7) is 3.50. The van der Waals surface area contributed by atoms with E-state index in [0.29, 0.717) is 17.1 Å². The summed E-state index contributed by atoms with van der Waals surface area (Å²) >= 11 is 0. The number of anilines is 1. The Morgan fingerprint density at radius 1 is 1.12 bits per heavy atom. The first-order chi connectivity index (χ1) is 12.5. The maximum absolute atomic E-state index is 12.8. The van der Waals surface area contributed by atoms with Crippen LogP contribution in [0.25, 0.3) is 5.69 Å². The van der Waals surface area contributed by atoms with E-state index in [1.54, 1.807) is 50.4 Å². The molecule has 3 aromatic heterocycles. The number of methoxy groups -OCH3 is 1. The third-order valence-electron chi connectivity index (χ3n) is 3.78. The molecule has 0 fully saturated rings. The van der Waals surface area contributed by atoms with E-state index < -0.39 is 11.5 Å². The van der Waals surface area contributed by atoms with Crippen LogP contribution in [-0.2, 0) is 0 Å². The predicted octanol–water partition coefficient (Wildman–Crippen LogP) is 1.90. The van der Waals surface area contributed by atoms with Crippen LogP contribution in [0.2, 0.25) is 0 Å². The quantitative estimate of drug-likeness (QED) is 0.771. The summed E-state index contributed by atoms with van der Waals surface area (Å²) in [5.41, 5.74) is 1.40. The summed E-state index contributed by atoms with van der Waals surface area (Å²) in [4.78, 5) is 29.5. The molecule has 0 aliphatic heterocycles. The van der Waals surface area contributed by atoms with Gasteiger partial charge in [0.25, 0.3) is 11.5 Å². The number of carbonyl (C=O) groups is 1. The van der Waals surface area contributed by atoms with E-state index in [9.17, 15) is 9.59 Å². The zero-order valence-corrected chi connectivity index (χ0v) is 14.6. The Kier molecular flexibility index (Phi) is 4.74. The van der Waals surface area contributed by atoms with Gasteiger partial charge in [-0.25, -0.2) is 4.98 Å². The molecule has 0 aromatic carbocycles. The standard InChI is InChI=1S/C18H17N5O3/c1-11-8-9-23(13-5-7-15(26-3)19-10-13)18(25)16(11)17(24)20-14-6-4-12(2)21-22-14/h4-10H,1-3H3,(H,20,22,24). The maximum atomic E-state index is 12.8. The van der Waals surface area contributed by atoms with Crippen LogP contribution in [0.4, 0.5) is 5.82 Å². The van der Waals surface area contributed by atoms with Gasteiger partial charge in [-0.1, -0.05) is 0 Å². The van der Waals surface area contributed by atoms with Gasteiger partial charge in [-0.3, -0.25) is 14.2 Å². The van der Waals surface area contributed by atoms with Gasteiger partial charge in [0.2, 0.25) is 5.88 Å². The highest BCUT2D eigenvalue weighted by molar-refractivity contribution is 6.04. The number of ether oxygens (including phenoxy) is 1. The fourth-order valence-corrected chi connectivity index (χ4v) is 2.39. The number of hydrogen-bond acceptors (Lipinski definition) is 6. The van der Waals surface area contributed by atoms with Gasteiger partial charge in [0, 0.05) is 12.3 Å². The smallest absolute Gasteiger partial charge is 0.268 e. The first-order valence-corrected chi connectivity index (χ1v) is 7.84. The molecule has 3 rings (SSSR count). The van der Waals surface area contributed by atoms with Crippen molar-refractivity contribution < 1.29 is 9.53 Å². The lowest BCUT2D eigenvalue weighted by Gasteiger charge is -2.11. The highest BCUT2D eigenvalue weighted by atomic mass is 16.5. The van der Waals surface area contributed by atoms with Crippen molar-refractivity contribution in [3.8, 4) is 11.6 Å². The molecule has 3 heterocycles. The maximum Gasteiger partial charge on any atom is 0.268 e. The molecule has 8 heteroatoms. The lowest BCUT2D eigenvalue weighted by Crippen LogP contribution is -2.29. The van der Waals surface area contributed by atoms with Gasteiger partial charge in [0.05, 0.1) is 24.7 Å². The summed E-state index contributed by atoms with van der Waals surface area (Å²) < 4.78 is 6.37. The van der Waals surface area contributed by atoms with Crippen molar-refractivity contribution >= 4 is 11.7 Å². The SMILES string of the molecule is COc1ccc(-n2ccc(C)c(C(=O)Nc3ccc(C)nn3)c2=O)cn1. The van der Waals surface area contributed by atoms with Gasteiger partial charge in [0.1, 0.15) is 5.56 Å². The van der Waals surface area contributed by atoms with Gasteiger partial charge >= 0.3 is 0 Å². The van der Waals surface area contributed by atoms with Crippen molar-refractivity contribution in [1.82, 2.24) is 19.7 Å². The Hall–Kier alpha value is -3.55. The monoisotopic (exact) mass is 351 g/mol. The zero-order valence-electron chi connectivity index (χ0n) is 14.6.